The third-order valence-electron chi connectivity index (χ3n) is 28.9. The number of rotatable bonds is 9. The van der Waals surface area contributed by atoms with Crippen LogP contribution >= 0.6 is 0 Å². The summed E-state index contributed by atoms with van der Waals surface area (Å²) < 4.78 is 26.2. The second-order valence-corrected chi connectivity index (χ2v) is 36.3. The monoisotopic (exact) mass is 1720 g/mol. The summed E-state index contributed by atoms with van der Waals surface area (Å²) in [5.41, 5.74) is 30.7. The molecule has 0 amide bonds. The first-order valence-electron chi connectivity index (χ1n) is 47.1. The molecule has 1 fully saturated rings. The topological polar surface area (TPSA) is 55.8 Å². The van der Waals surface area contributed by atoms with Crippen LogP contribution in [0.4, 0.5) is 11.4 Å². The standard InChI is InChI=1S/C44H33NO.C44H26O2.C42H26O/c1-2-14-28(15-3-1)42-33-19-4-6-21-35(33)43(36-22-7-5-20-34(36)42)29-26-37-32-18-10-13-25-41(32)46-44(37)40(27-29)45-38-23-11-8-16-30(38)31-17-9-12-24-39(31)45;1-2-12-27(13-3-1)42-32-16-4-6-18-34(32)43(35-19-7-5-17-33(35)42)29-25-36(44-38(26-29)31-15-9-11-21-40(31)46-44)28-22-23-41-37(24-28)30-14-8-10-20-39(30)45-41;1-2-13-28(14-3-1)40-33-17-6-8-19-35(33)41(36-20-9-7-18-34(36)40)31-25-37(30-23-22-27-12-4-5-15-29(27)24-30)42-38(26-31)32-16-10-11-21-39(32)43-42/h1-8,10-11,13-16,18-23,25-27,31,39H,9,12,17,24H2;1-26H;1-26H. The molecule has 2 unspecified atom stereocenters. The van der Waals surface area contributed by atoms with Crippen LogP contribution in [-0.4, -0.2) is 6.04 Å². The average Bonchev–Trinajstić information content (AvgIpc) is 1.63. The molecule has 5 nitrogen and oxygen atoms in total. The molecule has 0 spiro atoms. The minimum Gasteiger partial charge on any atom is -0.456 e. The van der Waals surface area contributed by atoms with Gasteiger partial charge in [0.15, 0.2) is 5.58 Å². The van der Waals surface area contributed by atoms with E-state index in [4.69, 9.17) is 17.7 Å². The number of hydrogen-bond acceptors (Lipinski definition) is 5. The predicted molar refractivity (Wildman–Crippen MR) is 568 cm³/mol. The highest BCUT2D eigenvalue weighted by molar-refractivity contribution is 6.27. The minimum absolute atomic E-state index is 0.437. The van der Waals surface area contributed by atoms with E-state index in [9.17, 15) is 0 Å². The number of benzene rings is 23. The van der Waals surface area contributed by atoms with Gasteiger partial charge in [0.1, 0.15) is 39.1 Å². The highest BCUT2D eigenvalue weighted by atomic mass is 16.3. The number of nitrogens with zero attached hydrogens (tertiary/aromatic N) is 1. The van der Waals surface area contributed by atoms with Crippen molar-refractivity contribution in [2.24, 2.45) is 0 Å². The Labute approximate surface area is 778 Å². The molecule has 0 N–H and O–H groups in total. The van der Waals surface area contributed by atoms with Crippen molar-refractivity contribution in [2.75, 3.05) is 4.90 Å². The number of fused-ring (bicyclic) bond motifs is 22. The van der Waals surface area contributed by atoms with Gasteiger partial charge in [-0.1, -0.05) is 383 Å². The van der Waals surface area contributed by atoms with Crippen molar-refractivity contribution in [3.05, 3.63) is 461 Å². The van der Waals surface area contributed by atoms with Crippen molar-refractivity contribution < 1.29 is 17.7 Å². The van der Waals surface area contributed by atoms with E-state index in [2.05, 4.69) is 436 Å². The molecule has 0 saturated heterocycles. The van der Waals surface area contributed by atoms with Crippen LogP contribution in [0, 0.1) is 0 Å². The SMILES string of the molecule is c1ccc(-c2c3ccccc3c(-c3cc(-c4ccc5ccccc5c4)c4oc5ccccc5c4c3)c3ccccc23)cc1.c1ccc(-c2c3ccccc3c(-c3cc(-c4ccc5oc6ccccc6c5c4)c4oc5ccccc5c4c3)c3ccccc23)cc1.c1ccc(-c2c3ccccc3c(-c3cc(N4c5ccccc5C5CCCCC54)c4oc5ccccc5c4c3)c3ccccc23)cc1. The smallest absolute Gasteiger partial charge is 0.159 e. The van der Waals surface area contributed by atoms with Gasteiger partial charge in [0.2, 0.25) is 0 Å². The zero-order chi connectivity index (χ0) is 88.7. The lowest BCUT2D eigenvalue weighted by Crippen LogP contribution is -2.32. The first-order valence-corrected chi connectivity index (χ1v) is 47.1. The van der Waals surface area contributed by atoms with Gasteiger partial charge in [-0.3, -0.25) is 0 Å². The molecule has 1 saturated carbocycles. The number of para-hydroxylation sites is 5. The number of furan rings is 4. The molecule has 2 aliphatic rings. The maximum Gasteiger partial charge on any atom is 0.159 e. The van der Waals surface area contributed by atoms with Gasteiger partial charge in [-0.2, -0.15) is 0 Å². The molecule has 634 valence electrons. The zero-order valence-electron chi connectivity index (χ0n) is 73.9. The molecular weight excluding hydrogens is 1640 g/mol. The molecule has 29 rings (SSSR count). The Kier molecular flexibility index (Phi) is 18.4. The van der Waals surface area contributed by atoms with Crippen LogP contribution in [0.5, 0.6) is 0 Å². The second-order valence-electron chi connectivity index (χ2n) is 36.3. The zero-order valence-corrected chi connectivity index (χ0v) is 73.9. The van der Waals surface area contributed by atoms with Crippen molar-refractivity contribution in [1.29, 1.82) is 0 Å². The first-order chi connectivity index (χ1) is 67.0. The summed E-state index contributed by atoms with van der Waals surface area (Å²) in [5.74, 6) is 0.555. The highest BCUT2D eigenvalue weighted by Crippen LogP contribution is 2.57. The maximum atomic E-state index is 6.79. The van der Waals surface area contributed by atoms with Crippen LogP contribution in [0.2, 0.25) is 0 Å². The van der Waals surface area contributed by atoms with Crippen LogP contribution in [0.1, 0.15) is 37.2 Å². The third kappa shape index (κ3) is 12.7. The van der Waals surface area contributed by atoms with Gasteiger partial charge in [0, 0.05) is 71.9 Å². The van der Waals surface area contributed by atoms with E-state index in [1.165, 1.54) is 196 Å². The van der Waals surface area contributed by atoms with Gasteiger partial charge < -0.3 is 22.6 Å². The average molecular weight is 1730 g/mol. The van der Waals surface area contributed by atoms with Crippen molar-refractivity contribution >= 4 is 175 Å². The van der Waals surface area contributed by atoms with E-state index < -0.39 is 0 Å². The molecular formula is C130H85NO4. The molecule has 23 aromatic carbocycles. The quantitative estimate of drug-likeness (QED) is 0.135. The Hall–Kier alpha value is -17.1. The van der Waals surface area contributed by atoms with Crippen LogP contribution in [0.15, 0.2) is 473 Å². The minimum atomic E-state index is 0.437. The number of anilines is 2. The fraction of sp³-hybridized carbons (Fsp3) is 0.0462. The fourth-order valence-electron chi connectivity index (χ4n) is 23.1. The van der Waals surface area contributed by atoms with Gasteiger partial charge >= 0.3 is 0 Å². The van der Waals surface area contributed by atoms with E-state index in [1.807, 2.05) is 24.3 Å². The molecule has 1 aliphatic heterocycles. The highest BCUT2D eigenvalue weighted by Gasteiger charge is 2.42. The van der Waals surface area contributed by atoms with Crippen molar-refractivity contribution in [3.8, 4) is 89.0 Å². The number of hydrogen-bond donors (Lipinski definition) is 0. The maximum absolute atomic E-state index is 6.79. The second kappa shape index (κ2) is 31.9. The summed E-state index contributed by atoms with van der Waals surface area (Å²) >= 11 is 0. The van der Waals surface area contributed by atoms with Crippen molar-refractivity contribution in [1.82, 2.24) is 0 Å². The molecule has 1 aliphatic carbocycles. The largest absolute Gasteiger partial charge is 0.456 e. The molecule has 27 aromatic rings. The Morgan fingerprint density at radius 1 is 0.178 bits per heavy atom. The van der Waals surface area contributed by atoms with E-state index in [0.29, 0.717) is 12.0 Å². The van der Waals surface area contributed by atoms with Gasteiger partial charge in [-0.05, 0) is 257 Å². The van der Waals surface area contributed by atoms with Crippen molar-refractivity contribution in [2.45, 2.75) is 37.6 Å². The Balaban J connectivity index is 0.000000103. The Morgan fingerprint density at radius 2 is 0.474 bits per heavy atom. The molecule has 135 heavy (non-hydrogen) atoms. The van der Waals surface area contributed by atoms with Crippen LogP contribution in [-0.2, 0) is 0 Å². The lowest BCUT2D eigenvalue weighted by atomic mass is 9.82. The van der Waals surface area contributed by atoms with Crippen LogP contribution in [0.25, 0.3) is 252 Å². The molecule has 5 heteroatoms. The van der Waals surface area contributed by atoms with E-state index >= 15 is 0 Å². The summed E-state index contributed by atoms with van der Waals surface area (Å²) in [6.45, 7) is 0. The lowest BCUT2D eigenvalue weighted by Gasteiger charge is -2.34. The first kappa shape index (κ1) is 77.8. The Bertz CT molecular complexity index is 9310. The van der Waals surface area contributed by atoms with Gasteiger partial charge in [0.25, 0.3) is 0 Å². The molecule has 5 heterocycles. The predicted octanol–water partition coefficient (Wildman–Crippen LogP) is 37.2. The van der Waals surface area contributed by atoms with E-state index in [0.717, 1.165) is 99.2 Å². The summed E-state index contributed by atoms with van der Waals surface area (Å²) in [5, 5.41) is 26.6. The Morgan fingerprint density at radius 3 is 0.904 bits per heavy atom. The molecule has 4 aromatic heterocycles. The fourth-order valence-corrected chi connectivity index (χ4v) is 23.1. The van der Waals surface area contributed by atoms with Crippen LogP contribution < -0.4 is 4.90 Å². The normalized spacial score (nSPS) is 13.8. The summed E-state index contributed by atoms with van der Waals surface area (Å²) in [7, 11) is 0. The van der Waals surface area contributed by atoms with E-state index in [-0.39, 0.29) is 0 Å². The van der Waals surface area contributed by atoms with Crippen LogP contribution in [0.3, 0.4) is 0 Å². The summed E-state index contributed by atoms with van der Waals surface area (Å²) in [4.78, 5) is 2.65. The van der Waals surface area contributed by atoms with E-state index in [1.54, 1.807) is 0 Å². The van der Waals surface area contributed by atoms with Gasteiger partial charge in [-0.25, -0.2) is 0 Å². The molecule has 2 atom stereocenters. The van der Waals surface area contributed by atoms with Crippen molar-refractivity contribution in [3.63, 3.8) is 0 Å². The lowest BCUT2D eigenvalue weighted by molar-refractivity contribution is 0.402. The van der Waals surface area contributed by atoms with Gasteiger partial charge in [-0.15, -0.1) is 0 Å². The third-order valence-corrected chi connectivity index (χ3v) is 28.9. The summed E-state index contributed by atoms with van der Waals surface area (Å²) in [6.07, 6.45) is 5.01. The molecule has 0 radical (unpaired) electrons. The van der Waals surface area contributed by atoms with Gasteiger partial charge in [0.05, 0.1) is 5.69 Å². The molecule has 0 bridgehead atoms. The summed E-state index contributed by atoms with van der Waals surface area (Å²) in [6, 6.07) is 165.